The van der Waals surface area contributed by atoms with Gasteiger partial charge in [0.2, 0.25) is 0 Å². The minimum atomic E-state index is -4.68. The number of aliphatic hydroxyl groups excluding tert-OH is 2. The number of carbonyl (C=O) groups excluding carboxylic acids is 3. The molecule has 3 N–H and O–H groups in total. The highest BCUT2D eigenvalue weighted by Gasteiger charge is 2.27. The van der Waals surface area contributed by atoms with Crippen molar-refractivity contribution in [1.29, 1.82) is 0 Å². The second kappa shape index (κ2) is 43.8. The second-order valence-corrected chi connectivity index (χ2v) is 18.5. The summed E-state index contributed by atoms with van der Waals surface area (Å²) in [6.45, 7) is 4.45. The number of phosphoric ester groups is 1. The first-order valence-electron chi connectivity index (χ1n) is 24.4. The summed E-state index contributed by atoms with van der Waals surface area (Å²) < 4.78 is 32.6. The van der Waals surface area contributed by atoms with Gasteiger partial charge in [0.1, 0.15) is 12.7 Å². The Morgan fingerprint density at radius 1 is 0.581 bits per heavy atom. The molecule has 0 saturated carbocycles. The van der Waals surface area contributed by atoms with E-state index < -0.39 is 58.4 Å². The predicted octanol–water partition coefficient (Wildman–Crippen LogP) is 12.7. The van der Waals surface area contributed by atoms with Gasteiger partial charge in [0, 0.05) is 19.3 Å². The number of aliphatic hydroxyl groups is 2. The average Bonchev–Trinajstić information content (AvgIpc) is 3.24. The van der Waals surface area contributed by atoms with E-state index in [0.717, 1.165) is 44.4 Å². The molecule has 0 aromatic carbocycles. The number of phosphoric acid groups is 1. The molecule has 0 aromatic heterocycles. The lowest BCUT2D eigenvalue weighted by atomic mass is 10.0. The van der Waals surface area contributed by atoms with E-state index in [9.17, 15) is 28.9 Å². The normalized spacial score (nSPS) is 14.1. The molecule has 0 fully saturated rings. The molecule has 0 bridgehead atoms. The Labute approximate surface area is 377 Å². The summed E-state index contributed by atoms with van der Waals surface area (Å²) in [6.07, 6.45) is 43.7. The molecular formula is C50H89O11P. The fourth-order valence-corrected chi connectivity index (χ4v) is 7.39. The number of carbonyl (C=O) groups is 3. The number of ether oxygens (including phenoxy) is 2. The van der Waals surface area contributed by atoms with Gasteiger partial charge in [0.15, 0.2) is 11.9 Å². The summed E-state index contributed by atoms with van der Waals surface area (Å²) in [5.74, 6) is -0.468. The van der Waals surface area contributed by atoms with Crippen LogP contribution in [0.1, 0.15) is 207 Å². The fraction of sp³-hybridized carbons (Fsp3) is 0.780. The van der Waals surface area contributed by atoms with Gasteiger partial charge in [-0.3, -0.25) is 23.4 Å². The SMILES string of the molecule is CCCCC/C=C\C/C=C\C/C=C\C=C\C(=O)CCCC(=O)OC[C@H](COP(=O)(O)OC[C@@H](O)CO)OC(=O)CCCCCCCCCCCCCCCCCCCCC(C)C. The van der Waals surface area contributed by atoms with Crippen LogP contribution < -0.4 is 0 Å². The van der Waals surface area contributed by atoms with E-state index in [0.29, 0.717) is 6.42 Å². The van der Waals surface area contributed by atoms with Gasteiger partial charge in [0.25, 0.3) is 0 Å². The highest BCUT2D eigenvalue weighted by molar-refractivity contribution is 7.47. The van der Waals surface area contributed by atoms with Crippen molar-refractivity contribution in [2.75, 3.05) is 26.4 Å². The maximum atomic E-state index is 12.7. The number of hydrogen-bond acceptors (Lipinski definition) is 10. The molecular weight excluding hydrogens is 808 g/mol. The van der Waals surface area contributed by atoms with Crippen molar-refractivity contribution in [3.05, 3.63) is 48.6 Å². The van der Waals surface area contributed by atoms with Crippen LogP contribution in [0.15, 0.2) is 48.6 Å². The number of unbranched alkanes of at least 4 members (excludes halogenated alkanes) is 20. The smallest absolute Gasteiger partial charge is 0.462 e. The summed E-state index contributed by atoms with van der Waals surface area (Å²) >= 11 is 0. The maximum Gasteiger partial charge on any atom is 0.472 e. The van der Waals surface area contributed by atoms with Gasteiger partial charge in [-0.15, -0.1) is 0 Å². The summed E-state index contributed by atoms with van der Waals surface area (Å²) in [7, 11) is -4.68. The number of allylic oxidation sites excluding steroid dienone is 8. The Kier molecular flexibility index (Phi) is 42.1. The zero-order valence-electron chi connectivity index (χ0n) is 39.2. The summed E-state index contributed by atoms with van der Waals surface area (Å²) in [5, 5.41) is 18.4. The quantitative estimate of drug-likeness (QED) is 0.0133. The number of esters is 2. The average molecular weight is 897 g/mol. The van der Waals surface area contributed by atoms with E-state index in [1.54, 1.807) is 6.08 Å². The Morgan fingerprint density at radius 3 is 1.66 bits per heavy atom. The van der Waals surface area contributed by atoms with Crippen LogP contribution in [0.4, 0.5) is 0 Å². The zero-order valence-corrected chi connectivity index (χ0v) is 40.1. The Balaban J connectivity index is 4.35. The molecule has 0 radical (unpaired) electrons. The van der Waals surface area contributed by atoms with E-state index in [2.05, 4.69) is 49.6 Å². The Bertz CT molecular complexity index is 1250. The first-order valence-corrected chi connectivity index (χ1v) is 25.9. The van der Waals surface area contributed by atoms with Crippen molar-refractivity contribution in [3.8, 4) is 0 Å². The molecule has 3 atom stereocenters. The molecule has 1 unspecified atom stereocenters. The van der Waals surface area contributed by atoms with Crippen molar-refractivity contribution in [2.24, 2.45) is 5.92 Å². The van der Waals surface area contributed by atoms with Crippen LogP contribution in [0.2, 0.25) is 0 Å². The van der Waals surface area contributed by atoms with Gasteiger partial charge >= 0.3 is 19.8 Å². The van der Waals surface area contributed by atoms with Crippen molar-refractivity contribution in [1.82, 2.24) is 0 Å². The topological polar surface area (TPSA) is 166 Å². The molecule has 0 saturated heterocycles. The second-order valence-electron chi connectivity index (χ2n) is 17.0. The maximum absolute atomic E-state index is 12.7. The molecule has 0 aromatic rings. The monoisotopic (exact) mass is 897 g/mol. The molecule has 62 heavy (non-hydrogen) atoms. The third-order valence-electron chi connectivity index (χ3n) is 10.4. The molecule has 0 aliphatic heterocycles. The van der Waals surface area contributed by atoms with Crippen molar-refractivity contribution >= 4 is 25.5 Å². The predicted molar refractivity (Wildman–Crippen MR) is 252 cm³/mol. The van der Waals surface area contributed by atoms with Crippen LogP contribution in [0, 0.1) is 5.92 Å². The molecule has 0 rings (SSSR count). The highest BCUT2D eigenvalue weighted by atomic mass is 31.2. The number of ketones is 1. The molecule has 0 heterocycles. The Morgan fingerprint density at radius 2 is 1.10 bits per heavy atom. The summed E-state index contributed by atoms with van der Waals surface area (Å²) in [5.41, 5.74) is 0. The molecule has 0 spiro atoms. The van der Waals surface area contributed by atoms with Crippen molar-refractivity contribution in [3.63, 3.8) is 0 Å². The first kappa shape index (κ1) is 59.6. The van der Waals surface area contributed by atoms with Gasteiger partial charge in [0.05, 0.1) is 19.8 Å². The number of rotatable bonds is 45. The number of hydrogen-bond donors (Lipinski definition) is 3. The van der Waals surface area contributed by atoms with Gasteiger partial charge in [-0.05, 0) is 50.5 Å². The minimum absolute atomic E-state index is 0.0472. The zero-order chi connectivity index (χ0) is 45.8. The van der Waals surface area contributed by atoms with Crippen LogP contribution in [0.5, 0.6) is 0 Å². The van der Waals surface area contributed by atoms with Crippen LogP contribution in [-0.4, -0.2) is 71.5 Å². The van der Waals surface area contributed by atoms with Gasteiger partial charge < -0.3 is 24.6 Å². The lowest BCUT2D eigenvalue weighted by Gasteiger charge is -2.20. The molecule has 0 aliphatic carbocycles. The third kappa shape index (κ3) is 44.2. The van der Waals surface area contributed by atoms with E-state index in [4.69, 9.17) is 19.1 Å². The van der Waals surface area contributed by atoms with E-state index >= 15 is 0 Å². The lowest BCUT2D eigenvalue weighted by Crippen LogP contribution is -2.29. The molecule has 11 nitrogen and oxygen atoms in total. The third-order valence-corrected chi connectivity index (χ3v) is 11.3. The van der Waals surface area contributed by atoms with Gasteiger partial charge in [-0.25, -0.2) is 4.57 Å². The van der Waals surface area contributed by atoms with Crippen LogP contribution in [0.25, 0.3) is 0 Å². The van der Waals surface area contributed by atoms with Crippen LogP contribution in [0.3, 0.4) is 0 Å². The van der Waals surface area contributed by atoms with E-state index in [-0.39, 0.29) is 31.5 Å². The standard InChI is InChI=1S/C50H89O11P/c1-4-5-6-7-8-9-10-17-21-24-27-30-33-37-46(52)38-35-40-49(54)58-43-48(44-60-62(56,57)59-42-47(53)41-51)61-50(55)39-34-31-28-25-22-19-16-14-12-11-13-15-18-20-23-26-29-32-36-45(2)3/h8-9,17,21,27,30,33,37,45,47-48,51,53H,4-7,10-16,18-20,22-26,28-29,31-32,34-36,38-44H2,1-3H3,(H,56,57)/b9-8-,21-17-,30-27-,37-33+/t47-,48+/m0/s1. The minimum Gasteiger partial charge on any atom is -0.462 e. The Hall–Kier alpha value is -2.40. The van der Waals surface area contributed by atoms with Crippen molar-refractivity contribution in [2.45, 2.75) is 219 Å². The lowest BCUT2D eigenvalue weighted by molar-refractivity contribution is -0.161. The molecule has 0 aliphatic rings. The molecule has 0 amide bonds. The van der Waals surface area contributed by atoms with E-state index in [1.807, 2.05) is 12.2 Å². The first-order chi connectivity index (χ1) is 30.0. The van der Waals surface area contributed by atoms with E-state index in [1.165, 1.54) is 122 Å². The molecule has 360 valence electrons. The van der Waals surface area contributed by atoms with Crippen LogP contribution in [-0.2, 0) is 37.5 Å². The largest absolute Gasteiger partial charge is 0.472 e. The van der Waals surface area contributed by atoms with Gasteiger partial charge in [-0.2, -0.15) is 0 Å². The summed E-state index contributed by atoms with van der Waals surface area (Å²) in [4.78, 5) is 47.3. The van der Waals surface area contributed by atoms with Gasteiger partial charge in [-0.1, -0.05) is 192 Å². The fourth-order valence-electron chi connectivity index (χ4n) is 6.60. The highest BCUT2D eigenvalue weighted by Crippen LogP contribution is 2.43. The van der Waals surface area contributed by atoms with Crippen molar-refractivity contribution < 1.29 is 52.6 Å². The molecule has 12 heteroatoms. The van der Waals surface area contributed by atoms with Crippen LogP contribution >= 0.6 is 7.82 Å². The summed E-state index contributed by atoms with van der Waals surface area (Å²) in [6, 6.07) is 0.